The van der Waals surface area contributed by atoms with E-state index in [9.17, 15) is 14.4 Å². The maximum atomic E-state index is 12.9. The number of carbonyl (C=O) groups is 3. The molecule has 0 fully saturated rings. The maximum Gasteiger partial charge on any atom is 0.306 e. The molecule has 0 saturated heterocycles. The van der Waals surface area contributed by atoms with Crippen molar-refractivity contribution in [3.63, 3.8) is 0 Å². The van der Waals surface area contributed by atoms with Gasteiger partial charge >= 0.3 is 17.9 Å². The second-order valence-corrected chi connectivity index (χ2v) is 21.3. The van der Waals surface area contributed by atoms with Crippen LogP contribution in [0.3, 0.4) is 0 Å². The smallest absolute Gasteiger partial charge is 0.306 e. The molecule has 0 radical (unpaired) electrons. The highest BCUT2D eigenvalue weighted by molar-refractivity contribution is 5.71. The van der Waals surface area contributed by atoms with Gasteiger partial charge in [0.2, 0.25) is 0 Å². The third kappa shape index (κ3) is 56.8. The van der Waals surface area contributed by atoms with Gasteiger partial charge in [0.25, 0.3) is 0 Å². The number of allylic oxidation sites excluding steroid dienone is 4. The maximum absolute atomic E-state index is 12.9. The molecule has 0 N–H and O–H groups in total. The monoisotopic (exact) mass is 985 g/mol. The molecule has 0 unspecified atom stereocenters. The topological polar surface area (TPSA) is 78.9 Å². The van der Waals surface area contributed by atoms with Gasteiger partial charge in [0, 0.05) is 19.3 Å². The van der Waals surface area contributed by atoms with Crippen LogP contribution in [0, 0.1) is 0 Å². The Labute approximate surface area is 436 Å². The van der Waals surface area contributed by atoms with Crippen LogP contribution in [0.1, 0.15) is 348 Å². The van der Waals surface area contributed by atoms with E-state index in [4.69, 9.17) is 14.2 Å². The van der Waals surface area contributed by atoms with Gasteiger partial charge < -0.3 is 14.2 Å². The molecule has 6 nitrogen and oxygen atoms in total. The molecule has 0 spiro atoms. The lowest BCUT2D eigenvalue weighted by Crippen LogP contribution is -2.30. The Morgan fingerprint density at radius 2 is 0.514 bits per heavy atom. The van der Waals surface area contributed by atoms with E-state index in [1.165, 1.54) is 244 Å². The van der Waals surface area contributed by atoms with Gasteiger partial charge in [-0.05, 0) is 51.4 Å². The standard InChI is InChI=1S/C64H120O6/c1-4-7-10-13-16-19-22-25-28-30-32-34-36-39-42-45-48-51-54-57-63(66)69-60-61(59-68-62(65)56-53-50-47-44-41-38-27-24-21-18-15-12-9-6-3)70-64(67)58-55-52-49-46-43-40-37-35-33-31-29-26-23-20-17-14-11-8-5-2/h16,19,25,28,61H,4-15,17-18,20-24,26-27,29-60H2,1-3H3/b19-16+,28-25+/t61-/m1/s1. The van der Waals surface area contributed by atoms with Gasteiger partial charge in [0.05, 0.1) is 0 Å². The fourth-order valence-electron chi connectivity index (χ4n) is 9.48. The molecule has 0 rings (SSSR count). The highest BCUT2D eigenvalue weighted by Crippen LogP contribution is 2.18. The molecular weight excluding hydrogens is 865 g/mol. The summed E-state index contributed by atoms with van der Waals surface area (Å²) < 4.78 is 16.9. The summed E-state index contributed by atoms with van der Waals surface area (Å²) in [6.45, 7) is 6.68. The summed E-state index contributed by atoms with van der Waals surface area (Å²) in [5.41, 5.74) is 0. The molecule has 412 valence electrons. The molecule has 0 aromatic heterocycles. The van der Waals surface area contributed by atoms with Crippen molar-refractivity contribution in [1.82, 2.24) is 0 Å². The van der Waals surface area contributed by atoms with Crippen molar-refractivity contribution in [2.45, 2.75) is 354 Å². The van der Waals surface area contributed by atoms with Gasteiger partial charge in [-0.15, -0.1) is 0 Å². The van der Waals surface area contributed by atoms with E-state index in [0.29, 0.717) is 19.3 Å². The largest absolute Gasteiger partial charge is 0.462 e. The Balaban J connectivity index is 4.30. The van der Waals surface area contributed by atoms with Crippen LogP contribution in [-0.4, -0.2) is 37.2 Å². The molecule has 0 bridgehead atoms. The molecule has 0 aromatic rings. The second-order valence-electron chi connectivity index (χ2n) is 21.3. The first kappa shape index (κ1) is 67.9. The van der Waals surface area contributed by atoms with Crippen molar-refractivity contribution >= 4 is 17.9 Å². The van der Waals surface area contributed by atoms with Crippen LogP contribution in [0.2, 0.25) is 0 Å². The minimum absolute atomic E-state index is 0.0663. The molecule has 6 heteroatoms. The third-order valence-electron chi connectivity index (χ3n) is 14.2. The summed E-state index contributed by atoms with van der Waals surface area (Å²) in [6.07, 6.45) is 70.3. The van der Waals surface area contributed by atoms with Crippen molar-refractivity contribution in [3.05, 3.63) is 24.3 Å². The zero-order valence-electron chi connectivity index (χ0n) is 47.3. The summed E-state index contributed by atoms with van der Waals surface area (Å²) in [6, 6.07) is 0. The van der Waals surface area contributed by atoms with Crippen molar-refractivity contribution in [3.8, 4) is 0 Å². The number of hydrogen-bond acceptors (Lipinski definition) is 6. The molecule has 0 amide bonds. The van der Waals surface area contributed by atoms with E-state index >= 15 is 0 Å². The number of hydrogen-bond donors (Lipinski definition) is 0. The molecule has 0 aliphatic heterocycles. The molecule has 0 aromatic carbocycles. The average Bonchev–Trinajstić information content (AvgIpc) is 3.36. The Hall–Kier alpha value is -2.11. The summed E-state index contributed by atoms with van der Waals surface area (Å²) in [5.74, 6) is -0.843. The fraction of sp³-hybridized carbons (Fsp3) is 0.891. The van der Waals surface area contributed by atoms with E-state index in [0.717, 1.165) is 64.2 Å². The predicted molar refractivity (Wildman–Crippen MR) is 303 cm³/mol. The highest BCUT2D eigenvalue weighted by Gasteiger charge is 2.19. The van der Waals surface area contributed by atoms with Crippen LogP contribution < -0.4 is 0 Å². The number of carbonyl (C=O) groups excluding carboxylic acids is 3. The number of rotatable bonds is 58. The van der Waals surface area contributed by atoms with E-state index in [1.807, 2.05) is 0 Å². The number of ether oxygens (including phenoxy) is 3. The molecule has 0 saturated carbocycles. The lowest BCUT2D eigenvalue weighted by atomic mass is 10.0. The lowest BCUT2D eigenvalue weighted by molar-refractivity contribution is -0.167. The van der Waals surface area contributed by atoms with Gasteiger partial charge in [0.1, 0.15) is 13.2 Å². The Morgan fingerprint density at radius 1 is 0.286 bits per heavy atom. The Kier molecular flexibility index (Phi) is 57.7. The SMILES string of the molecule is CCCCC/C=C/C/C=C/CCCCCCCCCCCC(=O)OC[C@@H](COC(=O)CCCCCCCCCCCCCCCC)OC(=O)CCCCCCCCCCCCCCCCCCCCC. The fourth-order valence-corrected chi connectivity index (χ4v) is 9.48. The van der Waals surface area contributed by atoms with Gasteiger partial charge in [-0.1, -0.05) is 302 Å². The van der Waals surface area contributed by atoms with Gasteiger partial charge in [0.15, 0.2) is 6.10 Å². The average molecular weight is 986 g/mol. The van der Waals surface area contributed by atoms with Gasteiger partial charge in [-0.25, -0.2) is 0 Å². The Morgan fingerprint density at radius 3 is 0.814 bits per heavy atom. The molecule has 0 aliphatic rings. The van der Waals surface area contributed by atoms with Crippen LogP contribution in [0.25, 0.3) is 0 Å². The minimum atomic E-state index is -0.768. The first-order valence-corrected chi connectivity index (χ1v) is 31.3. The summed E-state index contributed by atoms with van der Waals surface area (Å²) in [4.78, 5) is 38.3. The third-order valence-corrected chi connectivity index (χ3v) is 14.2. The molecular formula is C64H120O6. The quantitative estimate of drug-likeness (QED) is 0.0261. The van der Waals surface area contributed by atoms with Crippen molar-refractivity contribution in [2.75, 3.05) is 13.2 Å². The van der Waals surface area contributed by atoms with Crippen LogP contribution in [0.5, 0.6) is 0 Å². The number of unbranched alkanes of at least 4 members (excludes halogenated alkanes) is 43. The van der Waals surface area contributed by atoms with E-state index in [2.05, 4.69) is 45.1 Å². The molecule has 0 aliphatic carbocycles. The normalized spacial score (nSPS) is 12.1. The van der Waals surface area contributed by atoms with E-state index in [-0.39, 0.29) is 31.1 Å². The lowest BCUT2D eigenvalue weighted by Gasteiger charge is -2.18. The molecule has 0 heterocycles. The molecule has 1 atom stereocenters. The Bertz CT molecular complexity index is 1130. The second kappa shape index (κ2) is 59.5. The summed E-state index contributed by atoms with van der Waals surface area (Å²) in [7, 11) is 0. The minimum Gasteiger partial charge on any atom is -0.462 e. The van der Waals surface area contributed by atoms with Gasteiger partial charge in [-0.2, -0.15) is 0 Å². The highest BCUT2D eigenvalue weighted by atomic mass is 16.6. The first-order valence-electron chi connectivity index (χ1n) is 31.3. The van der Waals surface area contributed by atoms with Crippen molar-refractivity contribution in [1.29, 1.82) is 0 Å². The predicted octanol–water partition coefficient (Wildman–Crippen LogP) is 21.1. The van der Waals surface area contributed by atoms with Crippen LogP contribution in [0.4, 0.5) is 0 Å². The van der Waals surface area contributed by atoms with E-state index < -0.39 is 6.10 Å². The summed E-state index contributed by atoms with van der Waals surface area (Å²) in [5, 5.41) is 0. The summed E-state index contributed by atoms with van der Waals surface area (Å²) >= 11 is 0. The molecule has 70 heavy (non-hydrogen) atoms. The first-order chi connectivity index (χ1) is 34.5. The van der Waals surface area contributed by atoms with Crippen molar-refractivity contribution < 1.29 is 28.6 Å². The van der Waals surface area contributed by atoms with Crippen LogP contribution >= 0.6 is 0 Å². The van der Waals surface area contributed by atoms with Crippen LogP contribution in [0.15, 0.2) is 24.3 Å². The number of esters is 3. The van der Waals surface area contributed by atoms with Crippen molar-refractivity contribution in [2.24, 2.45) is 0 Å². The van der Waals surface area contributed by atoms with Crippen LogP contribution in [-0.2, 0) is 28.6 Å². The van der Waals surface area contributed by atoms with Gasteiger partial charge in [-0.3, -0.25) is 14.4 Å². The zero-order chi connectivity index (χ0) is 50.7. The van der Waals surface area contributed by atoms with E-state index in [1.54, 1.807) is 0 Å². The zero-order valence-corrected chi connectivity index (χ0v) is 47.3.